The number of allylic oxidation sites excluding steroid dienone is 1. The Morgan fingerprint density at radius 3 is 2.87 bits per heavy atom. The lowest BCUT2D eigenvalue weighted by Crippen LogP contribution is -2.00. The monoisotopic (exact) mass is 219 g/mol. The number of hydrogen-bond acceptors (Lipinski definition) is 2. The van der Waals surface area contributed by atoms with E-state index in [2.05, 4.69) is 37.5 Å². The van der Waals surface area contributed by atoms with Crippen LogP contribution in [0, 0.1) is 0 Å². The minimum absolute atomic E-state index is 0.973. The van der Waals surface area contributed by atoms with Gasteiger partial charge in [0, 0.05) is 22.0 Å². The van der Waals surface area contributed by atoms with E-state index in [1.807, 2.05) is 12.1 Å². The van der Waals surface area contributed by atoms with E-state index in [4.69, 9.17) is 0 Å². The molecule has 0 bridgehead atoms. The summed E-state index contributed by atoms with van der Waals surface area (Å²) < 4.78 is 0. The molecule has 0 saturated heterocycles. The highest BCUT2D eigenvalue weighted by Crippen LogP contribution is 2.32. The van der Waals surface area contributed by atoms with E-state index in [1.54, 1.807) is 17.8 Å². The van der Waals surface area contributed by atoms with E-state index in [9.17, 15) is 0 Å². The van der Waals surface area contributed by atoms with Crippen LogP contribution in [-0.2, 0) is 0 Å². The van der Waals surface area contributed by atoms with Crippen LogP contribution in [0.1, 0.15) is 13.3 Å². The molecule has 15 heavy (non-hydrogen) atoms. The fourth-order valence-electron chi connectivity index (χ4n) is 1.14. The molecule has 0 heterocycles. The third-order valence-electron chi connectivity index (χ3n) is 1.92. The Morgan fingerprint density at radius 2 is 2.20 bits per heavy atom. The molecule has 1 rings (SSSR count). The van der Waals surface area contributed by atoms with E-state index < -0.39 is 0 Å². The molecule has 0 aliphatic heterocycles. The standard InChI is InChI=1S/C13H17NS/c1-4-10-14-12-8-6-7-9-13(12)15-11(3)5-2/h5-9,14H,2-4,10H2,1H3. The molecule has 0 radical (unpaired) electrons. The van der Waals surface area contributed by atoms with Crippen molar-refractivity contribution < 1.29 is 0 Å². The maximum atomic E-state index is 3.91. The molecule has 0 amide bonds. The summed E-state index contributed by atoms with van der Waals surface area (Å²) in [5.74, 6) is 0. The zero-order valence-electron chi connectivity index (χ0n) is 9.12. The molecule has 80 valence electrons. The fraction of sp³-hybridized carbons (Fsp3) is 0.231. The van der Waals surface area contributed by atoms with Crippen molar-refractivity contribution in [3.8, 4) is 0 Å². The van der Waals surface area contributed by atoms with Crippen molar-refractivity contribution in [2.75, 3.05) is 11.9 Å². The van der Waals surface area contributed by atoms with Crippen LogP contribution in [0.4, 0.5) is 5.69 Å². The Labute approximate surface area is 96.3 Å². The average Bonchev–Trinajstić information content (AvgIpc) is 2.28. The van der Waals surface area contributed by atoms with E-state index >= 15 is 0 Å². The van der Waals surface area contributed by atoms with Gasteiger partial charge in [-0.15, -0.1) is 0 Å². The van der Waals surface area contributed by atoms with E-state index in [0.717, 1.165) is 17.9 Å². The summed E-state index contributed by atoms with van der Waals surface area (Å²) >= 11 is 1.65. The summed E-state index contributed by atoms with van der Waals surface area (Å²) in [5.41, 5.74) is 1.17. The van der Waals surface area contributed by atoms with Gasteiger partial charge in [-0.3, -0.25) is 0 Å². The first-order valence-corrected chi connectivity index (χ1v) is 5.91. The summed E-state index contributed by atoms with van der Waals surface area (Å²) in [6.45, 7) is 10.8. The van der Waals surface area contributed by atoms with Crippen LogP contribution in [0.25, 0.3) is 0 Å². The molecule has 0 spiro atoms. The van der Waals surface area contributed by atoms with Crippen molar-refractivity contribution >= 4 is 17.4 Å². The minimum Gasteiger partial charge on any atom is -0.384 e. The number of nitrogens with one attached hydrogen (secondary N) is 1. The molecule has 0 aliphatic rings. The Balaban J connectivity index is 2.76. The third-order valence-corrected chi connectivity index (χ3v) is 2.93. The van der Waals surface area contributed by atoms with Crippen molar-refractivity contribution in [2.24, 2.45) is 0 Å². The highest BCUT2D eigenvalue weighted by atomic mass is 32.2. The predicted octanol–water partition coefficient (Wildman–Crippen LogP) is 4.30. The van der Waals surface area contributed by atoms with Crippen LogP contribution in [0.3, 0.4) is 0 Å². The lowest BCUT2D eigenvalue weighted by atomic mass is 10.3. The van der Waals surface area contributed by atoms with Gasteiger partial charge in [-0.2, -0.15) is 0 Å². The van der Waals surface area contributed by atoms with Gasteiger partial charge in [0.05, 0.1) is 0 Å². The lowest BCUT2D eigenvalue weighted by molar-refractivity contribution is 0.974. The number of thioether (sulfide) groups is 1. The van der Waals surface area contributed by atoms with Crippen LogP contribution in [0.2, 0.25) is 0 Å². The molecule has 0 saturated carbocycles. The molecule has 0 unspecified atom stereocenters. The number of benzene rings is 1. The van der Waals surface area contributed by atoms with Gasteiger partial charge >= 0.3 is 0 Å². The zero-order valence-corrected chi connectivity index (χ0v) is 9.94. The van der Waals surface area contributed by atoms with Crippen molar-refractivity contribution in [3.63, 3.8) is 0 Å². The molecule has 0 atom stereocenters. The van der Waals surface area contributed by atoms with Gasteiger partial charge in [0.1, 0.15) is 0 Å². The second kappa shape index (κ2) is 6.36. The first-order chi connectivity index (χ1) is 7.27. The van der Waals surface area contributed by atoms with Crippen molar-refractivity contribution in [2.45, 2.75) is 18.2 Å². The Hall–Kier alpha value is -1.15. The molecule has 1 aromatic rings. The molecule has 2 heteroatoms. The SMILES string of the molecule is C=CC(=C)Sc1ccccc1NCCC. The first kappa shape index (κ1) is 11.9. The van der Waals surface area contributed by atoms with Gasteiger partial charge in [-0.1, -0.05) is 50.1 Å². The summed E-state index contributed by atoms with van der Waals surface area (Å²) in [6, 6.07) is 8.26. The maximum absolute atomic E-state index is 3.91. The van der Waals surface area contributed by atoms with Gasteiger partial charge in [0.2, 0.25) is 0 Å². The van der Waals surface area contributed by atoms with Gasteiger partial charge in [-0.25, -0.2) is 0 Å². The van der Waals surface area contributed by atoms with Gasteiger partial charge in [0.15, 0.2) is 0 Å². The number of anilines is 1. The molecule has 0 fully saturated rings. The Bertz CT molecular complexity index is 344. The molecular weight excluding hydrogens is 202 g/mol. The fourth-order valence-corrected chi connectivity index (χ4v) is 1.91. The first-order valence-electron chi connectivity index (χ1n) is 5.10. The minimum atomic E-state index is 0.973. The van der Waals surface area contributed by atoms with Crippen molar-refractivity contribution in [1.82, 2.24) is 0 Å². The molecule has 1 aromatic carbocycles. The number of hydrogen-bond donors (Lipinski definition) is 1. The molecule has 0 aliphatic carbocycles. The lowest BCUT2D eigenvalue weighted by Gasteiger charge is -2.10. The molecule has 0 aromatic heterocycles. The van der Waals surface area contributed by atoms with Crippen LogP contribution in [0.5, 0.6) is 0 Å². The highest BCUT2D eigenvalue weighted by Gasteiger charge is 2.01. The van der Waals surface area contributed by atoms with E-state index in [1.165, 1.54) is 10.6 Å². The van der Waals surface area contributed by atoms with Gasteiger partial charge in [-0.05, 0) is 18.6 Å². The summed E-state index contributed by atoms with van der Waals surface area (Å²) in [7, 11) is 0. The van der Waals surface area contributed by atoms with Gasteiger partial charge < -0.3 is 5.32 Å². The Morgan fingerprint density at radius 1 is 1.47 bits per heavy atom. The van der Waals surface area contributed by atoms with Crippen molar-refractivity contribution in [3.05, 3.63) is 48.4 Å². The van der Waals surface area contributed by atoms with Crippen LogP contribution < -0.4 is 5.32 Å². The van der Waals surface area contributed by atoms with Crippen LogP contribution in [0.15, 0.2) is 53.3 Å². The van der Waals surface area contributed by atoms with Crippen LogP contribution in [-0.4, -0.2) is 6.54 Å². The van der Waals surface area contributed by atoms with E-state index in [-0.39, 0.29) is 0 Å². The summed E-state index contributed by atoms with van der Waals surface area (Å²) in [6.07, 6.45) is 2.91. The summed E-state index contributed by atoms with van der Waals surface area (Å²) in [4.78, 5) is 2.18. The second-order valence-electron chi connectivity index (χ2n) is 3.20. The second-order valence-corrected chi connectivity index (χ2v) is 4.36. The van der Waals surface area contributed by atoms with Gasteiger partial charge in [0.25, 0.3) is 0 Å². The smallest absolute Gasteiger partial charge is 0.0482 e. The largest absolute Gasteiger partial charge is 0.384 e. The highest BCUT2D eigenvalue weighted by molar-refractivity contribution is 8.03. The average molecular weight is 219 g/mol. The normalized spacial score (nSPS) is 9.67. The number of para-hydroxylation sites is 1. The number of rotatable bonds is 6. The molecular formula is C13H17NS. The maximum Gasteiger partial charge on any atom is 0.0482 e. The van der Waals surface area contributed by atoms with Crippen molar-refractivity contribution in [1.29, 1.82) is 0 Å². The molecule has 1 N–H and O–H groups in total. The summed E-state index contributed by atoms with van der Waals surface area (Å²) in [5, 5.41) is 3.40. The molecule has 1 nitrogen and oxygen atoms in total. The van der Waals surface area contributed by atoms with E-state index in [0.29, 0.717) is 0 Å². The quantitative estimate of drug-likeness (QED) is 0.565. The predicted molar refractivity (Wildman–Crippen MR) is 70.4 cm³/mol. The Kier molecular flexibility index (Phi) is 5.05. The third kappa shape index (κ3) is 3.84. The zero-order chi connectivity index (χ0) is 11.1. The topological polar surface area (TPSA) is 12.0 Å². The van der Waals surface area contributed by atoms with Crippen LogP contribution >= 0.6 is 11.8 Å².